The molecule has 0 radical (unpaired) electrons. The maximum Gasteiger partial charge on any atom is 0.256 e. The lowest BCUT2D eigenvalue weighted by Crippen LogP contribution is -2.51. The average Bonchev–Trinajstić information content (AvgIpc) is 2.65. The first-order valence-electron chi connectivity index (χ1n) is 8.21. The summed E-state index contributed by atoms with van der Waals surface area (Å²) in [5, 5.41) is 2.59. The third kappa shape index (κ3) is 3.80. The molecule has 0 spiro atoms. The number of ether oxygens (including phenoxy) is 1. The summed E-state index contributed by atoms with van der Waals surface area (Å²) in [6, 6.07) is 11.9. The quantitative estimate of drug-likeness (QED) is 0.849. The second kappa shape index (κ2) is 7.55. The smallest absolute Gasteiger partial charge is 0.256 e. The molecule has 2 aromatic carbocycles. The third-order valence-corrected chi connectivity index (χ3v) is 4.38. The molecule has 1 saturated heterocycles. The van der Waals surface area contributed by atoms with Gasteiger partial charge in [0.15, 0.2) is 6.10 Å². The molecule has 0 saturated carbocycles. The van der Waals surface area contributed by atoms with Crippen molar-refractivity contribution in [2.75, 3.05) is 19.0 Å². The Kier molecular flexibility index (Phi) is 5.18. The summed E-state index contributed by atoms with van der Waals surface area (Å²) in [5.41, 5.74) is 5.74. The molecular weight excluding hydrogens is 353 g/mol. The Morgan fingerprint density at radius 2 is 1.93 bits per heavy atom. The van der Waals surface area contributed by atoms with Crippen LogP contribution in [0.25, 0.3) is 0 Å². The Labute approximate surface area is 154 Å². The van der Waals surface area contributed by atoms with E-state index in [2.05, 4.69) is 5.32 Å². The number of hydrogen-bond acceptors (Lipinski definition) is 4. The highest BCUT2D eigenvalue weighted by Crippen LogP contribution is 2.30. The van der Waals surface area contributed by atoms with E-state index < -0.39 is 29.8 Å². The Morgan fingerprint density at radius 3 is 2.59 bits per heavy atom. The van der Waals surface area contributed by atoms with E-state index in [9.17, 15) is 18.8 Å². The average molecular weight is 371 g/mol. The lowest BCUT2D eigenvalue weighted by atomic mass is 9.97. The zero-order valence-electron chi connectivity index (χ0n) is 14.5. The topological polar surface area (TPSA) is 102 Å². The van der Waals surface area contributed by atoms with Crippen molar-refractivity contribution in [1.82, 2.24) is 4.90 Å². The van der Waals surface area contributed by atoms with Crippen LogP contribution in [-0.2, 0) is 14.3 Å². The second-order valence-corrected chi connectivity index (χ2v) is 6.14. The molecule has 140 valence electrons. The molecule has 1 heterocycles. The van der Waals surface area contributed by atoms with Crippen LogP contribution in [0.4, 0.5) is 10.1 Å². The van der Waals surface area contributed by atoms with Crippen LogP contribution in [0.3, 0.4) is 0 Å². The number of halogens is 1. The first-order chi connectivity index (χ1) is 12.9. The van der Waals surface area contributed by atoms with Gasteiger partial charge in [-0.15, -0.1) is 0 Å². The molecule has 8 heteroatoms. The number of carbonyl (C=O) groups excluding carboxylic acids is 3. The van der Waals surface area contributed by atoms with Crippen LogP contribution in [0.2, 0.25) is 0 Å². The van der Waals surface area contributed by atoms with E-state index in [1.165, 1.54) is 11.0 Å². The third-order valence-electron chi connectivity index (χ3n) is 4.38. The predicted octanol–water partition coefficient (Wildman–Crippen LogP) is 1.46. The van der Waals surface area contributed by atoms with Gasteiger partial charge in [0.05, 0.1) is 11.6 Å². The molecule has 3 N–H and O–H groups in total. The van der Waals surface area contributed by atoms with Crippen molar-refractivity contribution >= 4 is 23.4 Å². The minimum atomic E-state index is -0.975. The van der Waals surface area contributed by atoms with Crippen LogP contribution >= 0.6 is 0 Å². The first kappa shape index (κ1) is 18.5. The zero-order valence-corrected chi connectivity index (χ0v) is 14.5. The highest BCUT2D eigenvalue weighted by Gasteiger charge is 2.40. The molecule has 2 atom stereocenters. The van der Waals surface area contributed by atoms with Gasteiger partial charge in [0.2, 0.25) is 5.91 Å². The van der Waals surface area contributed by atoms with Gasteiger partial charge in [-0.25, -0.2) is 4.39 Å². The van der Waals surface area contributed by atoms with E-state index in [1.807, 2.05) is 6.07 Å². The molecule has 27 heavy (non-hydrogen) atoms. The lowest BCUT2D eigenvalue weighted by molar-refractivity contribution is -0.160. The number of nitrogens with two attached hydrogens (primary N) is 1. The number of nitrogens with one attached hydrogen (secondary N) is 1. The van der Waals surface area contributed by atoms with Gasteiger partial charge in [-0.05, 0) is 23.8 Å². The summed E-state index contributed by atoms with van der Waals surface area (Å²) < 4.78 is 19.1. The Hall–Kier alpha value is -3.26. The van der Waals surface area contributed by atoms with E-state index in [0.717, 1.165) is 17.7 Å². The molecular formula is C19H18FN3O4. The Balaban J connectivity index is 1.87. The molecule has 0 bridgehead atoms. The normalized spacial score (nSPS) is 19.6. The van der Waals surface area contributed by atoms with Gasteiger partial charge < -0.3 is 20.7 Å². The summed E-state index contributed by atoms with van der Waals surface area (Å²) >= 11 is 0. The van der Waals surface area contributed by atoms with Crippen LogP contribution in [0.5, 0.6) is 0 Å². The maximum absolute atomic E-state index is 13.6. The van der Waals surface area contributed by atoms with Crippen molar-refractivity contribution in [3.63, 3.8) is 0 Å². The van der Waals surface area contributed by atoms with Gasteiger partial charge >= 0.3 is 0 Å². The summed E-state index contributed by atoms with van der Waals surface area (Å²) in [5.74, 6) is -2.48. The van der Waals surface area contributed by atoms with Crippen LogP contribution in [0.15, 0.2) is 48.5 Å². The van der Waals surface area contributed by atoms with Crippen molar-refractivity contribution in [3.05, 3.63) is 65.5 Å². The fraction of sp³-hybridized carbons (Fsp3) is 0.211. The molecule has 2 aromatic rings. The largest absolute Gasteiger partial charge is 0.366 e. The standard InChI is InChI=1S/C19H18FN3O4/c1-23-15(24)10-27-17(16(23)11-5-3-2-4-6-11)19(26)22-12-7-8-14(20)13(9-12)18(21)25/h2-9,16-17H,10H2,1H3,(H2,21,25)(H,22,26). The van der Waals surface area contributed by atoms with Gasteiger partial charge in [-0.2, -0.15) is 0 Å². The van der Waals surface area contributed by atoms with E-state index in [1.54, 1.807) is 31.3 Å². The predicted molar refractivity (Wildman–Crippen MR) is 95.2 cm³/mol. The Morgan fingerprint density at radius 1 is 1.22 bits per heavy atom. The molecule has 3 amide bonds. The van der Waals surface area contributed by atoms with Gasteiger partial charge in [-0.3, -0.25) is 14.4 Å². The van der Waals surface area contributed by atoms with E-state index in [-0.39, 0.29) is 23.8 Å². The highest BCUT2D eigenvalue weighted by molar-refractivity contribution is 5.98. The zero-order chi connectivity index (χ0) is 19.6. The molecule has 1 fully saturated rings. The second-order valence-electron chi connectivity index (χ2n) is 6.14. The molecule has 2 unspecified atom stereocenters. The number of amides is 3. The lowest BCUT2D eigenvalue weighted by Gasteiger charge is -2.38. The minimum Gasteiger partial charge on any atom is -0.366 e. The number of primary amides is 1. The number of benzene rings is 2. The molecule has 1 aliphatic rings. The number of rotatable bonds is 4. The molecule has 1 aliphatic heterocycles. The summed E-state index contributed by atoms with van der Waals surface area (Å²) in [7, 11) is 1.60. The van der Waals surface area contributed by atoms with Gasteiger partial charge in [-0.1, -0.05) is 30.3 Å². The van der Waals surface area contributed by atoms with Gasteiger partial charge in [0, 0.05) is 12.7 Å². The molecule has 0 aromatic heterocycles. The van der Waals surface area contributed by atoms with Crippen molar-refractivity contribution in [2.24, 2.45) is 5.73 Å². The van der Waals surface area contributed by atoms with Crippen molar-refractivity contribution < 1.29 is 23.5 Å². The van der Waals surface area contributed by atoms with Crippen LogP contribution < -0.4 is 11.1 Å². The van der Waals surface area contributed by atoms with E-state index >= 15 is 0 Å². The van der Waals surface area contributed by atoms with Crippen LogP contribution in [-0.4, -0.2) is 42.4 Å². The molecule has 0 aliphatic carbocycles. The van der Waals surface area contributed by atoms with Crippen molar-refractivity contribution in [3.8, 4) is 0 Å². The summed E-state index contributed by atoms with van der Waals surface area (Å²) in [6.45, 7) is -0.228. The number of likely N-dealkylation sites (N-methyl/N-ethyl adjacent to an activating group) is 1. The number of anilines is 1. The van der Waals surface area contributed by atoms with Crippen LogP contribution in [0.1, 0.15) is 22.0 Å². The van der Waals surface area contributed by atoms with E-state index in [0.29, 0.717) is 0 Å². The van der Waals surface area contributed by atoms with Crippen LogP contribution in [0, 0.1) is 5.82 Å². The minimum absolute atomic E-state index is 0.199. The number of carbonyl (C=O) groups is 3. The van der Waals surface area contributed by atoms with Crippen molar-refractivity contribution in [1.29, 1.82) is 0 Å². The molecule has 3 rings (SSSR count). The summed E-state index contributed by atoms with van der Waals surface area (Å²) in [4.78, 5) is 37.6. The first-order valence-corrected chi connectivity index (χ1v) is 8.21. The number of morpholine rings is 1. The SMILES string of the molecule is CN1C(=O)COC(C(=O)Nc2ccc(F)c(C(N)=O)c2)C1c1ccccc1. The van der Waals surface area contributed by atoms with Crippen molar-refractivity contribution in [2.45, 2.75) is 12.1 Å². The number of hydrogen-bond donors (Lipinski definition) is 2. The van der Waals surface area contributed by atoms with Gasteiger partial charge in [0.1, 0.15) is 12.4 Å². The Bertz CT molecular complexity index is 888. The number of nitrogens with zero attached hydrogens (tertiary/aromatic N) is 1. The fourth-order valence-electron chi connectivity index (χ4n) is 2.99. The molecule has 7 nitrogen and oxygen atoms in total. The summed E-state index contributed by atoms with van der Waals surface area (Å²) in [6.07, 6.45) is -0.975. The maximum atomic E-state index is 13.6. The highest BCUT2D eigenvalue weighted by atomic mass is 19.1. The fourth-order valence-corrected chi connectivity index (χ4v) is 2.99. The van der Waals surface area contributed by atoms with Gasteiger partial charge in [0.25, 0.3) is 11.8 Å². The van der Waals surface area contributed by atoms with E-state index in [4.69, 9.17) is 10.5 Å². The monoisotopic (exact) mass is 371 g/mol.